The Morgan fingerprint density at radius 2 is 1.87 bits per heavy atom. The molecule has 0 saturated heterocycles. The van der Waals surface area contributed by atoms with Crippen LogP contribution in [0.15, 0.2) is 36.5 Å². The standard InChI is InChI=1S/C25H27ClF3N5O4/c1-5-6-14(2)38-19-10-8-16(13-30-19)20-32-21(34-23(36)33-20)17-11-15(7-9-18(17)26)12-31-22(35)24(3,37-4)25(27,28)29/h7-11,13-14H,5-6,12H2,1-4H3,(H,31,35)(H,32,33,34,36)/t14-,24?/m1/s1. The van der Waals surface area contributed by atoms with E-state index in [1.165, 1.54) is 24.4 Å². The molecule has 0 aliphatic carbocycles. The van der Waals surface area contributed by atoms with Crippen LogP contribution in [-0.2, 0) is 16.1 Å². The van der Waals surface area contributed by atoms with Crippen molar-refractivity contribution < 1.29 is 32.5 Å². The number of carbonyl (C=O) groups is 1. The summed E-state index contributed by atoms with van der Waals surface area (Å²) in [5.74, 6) is -0.794. The van der Waals surface area contributed by atoms with E-state index in [0.29, 0.717) is 23.9 Å². The Hall–Kier alpha value is -3.51. The highest BCUT2D eigenvalue weighted by atomic mass is 35.5. The summed E-state index contributed by atoms with van der Waals surface area (Å²) in [5, 5.41) is 12.6. The lowest BCUT2D eigenvalue weighted by atomic mass is 10.0. The van der Waals surface area contributed by atoms with Gasteiger partial charge in [-0.3, -0.25) is 4.79 Å². The number of aromatic nitrogens is 4. The van der Waals surface area contributed by atoms with E-state index < -0.39 is 23.7 Å². The first kappa shape index (κ1) is 29.1. The van der Waals surface area contributed by atoms with Crippen LogP contribution in [0.4, 0.5) is 13.2 Å². The van der Waals surface area contributed by atoms with Gasteiger partial charge < -0.3 is 19.9 Å². The Kier molecular flexibility index (Phi) is 9.10. The minimum Gasteiger partial charge on any atom is -0.479 e. The first-order valence-corrected chi connectivity index (χ1v) is 12.0. The zero-order valence-corrected chi connectivity index (χ0v) is 21.9. The average Bonchev–Trinajstić information content (AvgIpc) is 2.87. The quantitative estimate of drug-likeness (QED) is 0.355. The average molecular weight is 554 g/mol. The fourth-order valence-electron chi connectivity index (χ4n) is 3.41. The first-order valence-electron chi connectivity index (χ1n) is 11.6. The van der Waals surface area contributed by atoms with E-state index >= 15 is 0 Å². The third-order valence-corrected chi connectivity index (χ3v) is 6.07. The van der Waals surface area contributed by atoms with Crippen LogP contribution in [0.2, 0.25) is 5.02 Å². The van der Waals surface area contributed by atoms with E-state index in [4.69, 9.17) is 16.3 Å². The smallest absolute Gasteiger partial charge is 0.426 e. The summed E-state index contributed by atoms with van der Waals surface area (Å²) in [5.41, 5.74) is -1.86. The summed E-state index contributed by atoms with van der Waals surface area (Å²) < 4.78 is 50.0. The van der Waals surface area contributed by atoms with Gasteiger partial charge in [0.2, 0.25) is 11.5 Å². The Morgan fingerprint density at radius 1 is 1.16 bits per heavy atom. The van der Waals surface area contributed by atoms with E-state index in [-0.39, 0.29) is 34.9 Å². The van der Waals surface area contributed by atoms with Gasteiger partial charge in [0.1, 0.15) is 0 Å². The Bertz CT molecular complexity index is 1280. The lowest BCUT2D eigenvalue weighted by Gasteiger charge is -2.29. The van der Waals surface area contributed by atoms with Crippen LogP contribution in [0, 0.1) is 0 Å². The highest BCUT2D eigenvalue weighted by Crippen LogP contribution is 2.33. The van der Waals surface area contributed by atoms with Gasteiger partial charge in [-0.25, -0.2) is 9.97 Å². The predicted molar refractivity (Wildman–Crippen MR) is 133 cm³/mol. The molecule has 2 aromatic heterocycles. The summed E-state index contributed by atoms with van der Waals surface area (Å²) in [6, 6.07) is 7.26. The molecule has 204 valence electrons. The minimum absolute atomic E-state index is 0.00193. The van der Waals surface area contributed by atoms with Crippen LogP contribution < -0.4 is 10.1 Å². The van der Waals surface area contributed by atoms with Gasteiger partial charge in [0.15, 0.2) is 11.6 Å². The number of nitrogens with one attached hydrogen (secondary N) is 1. The van der Waals surface area contributed by atoms with Gasteiger partial charge in [0, 0.05) is 37.0 Å². The van der Waals surface area contributed by atoms with E-state index in [1.54, 1.807) is 12.1 Å². The number of amides is 1. The van der Waals surface area contributed by atoms with Gasteiger partial charge in [-0.2, -0.15) is 23.1 Å². The third-order valence-electron chi connectivity index (χ3n) is 5.74. The van der Waals surface area contributed by atoms with Gasteiger partial charge in [-0.15, -0.1) is 0 Å². The molecule has 1 amide bonds. The van der Waals surface area contributed by atoms with Gasteiger partial charge in [-0.05, 0) is 44.0 Å². The number of carbonyl (C=O) groups excluding carboxylic acids is 1. The highest BCUT2D eigenvalue weighted by molar-refractivity contribution is 6.33. The maximum atomic E-state index is 13.3. The van der Waals surface area contributed by atoms with Crippen molar-refractivity contribution in [2.24, 2.45) is 0 Å². The topological polar surface area (TPSA) is 119 Å². The molecule has 13 heteroatoms. The van der Waals surface area contributed by atoms with Crippen molar-refractivity contribution in [1.29, 1.82) is 0 Å². The van der Waals surface area contributed by atoms with Crippen LogP contribution in [0.5, 0.6) is 11.9 Å². The van der Waals surface area contributed by atoms with Crippen LogP contribution in [0.3, 0.4) is 0 Å². The molecule has 38 heavy (non-hydrogen) atoms. The molecule has 9 nitrogen and oxygen atoms in total. The summed E-state index contributed by atoms with van der Waals surface area (Å²) in [6.45, 7) is 4.39. The zero-order valence-electron chi connectivity index (χ0n) is 21.1. The summed E-state index contributed by atoms with van der Waals surface area (Å²) in [4.78, 5) is 28.8. The van der Waals surface area contributed by atoms with Crippen molar-refractivity contribution in [2.45, 2.75) is 58.0 Å². The van der Waals surface area contributed by atoms with Gasteiger partial charge in [0.05, 0.1) is 11.1 Å². The molecule has 0 aliphatic heterocycles. The molecule has 0 radical (unpaired) electrons. The second-order valence-electron chi connectivity index (χ2n) is 8.62. The molecule has 0 saturated carbocycles. The summed E-state index contributed by atoms with van der Waals surface area (Å²) >= 11 is 6.33. The molecular formula is C25H27ClF3N5O4. The number of ether oxygens (including phenoxy) is 2. The number of halogens is 4. The molecule has 0 aliphatic rings. The maximum Gasteiger partial charge on any atom is 0.426 e. The van der Waals surface area contributed by atoms with Crippen LogP contribution in [-0.4, -0.2) is 55.9 Å². The molecule has 1 aromatic carbocycles. The van der Waals surface area contributed by atoms with Crippen molar-refractivity contribution in [2.75, 3.05) is 7.11 Å². The second kappa shape index (κ2) is 11.9. The van der Waals surface area contributed by atoms with E-state index in [1.807, 2.05) is 6.92 Å². The molecule has 0 fully saturated rings. The van der Waals surface area contributed by atoms with Crippen molar-refractivity contribution in [3.8, 4) is 34.7 Å². The van der Waals surface area contributed by atoms with Crippen molar-refractivity contribution in [3.05, 3.63) is 47.1 Å². The number of benzene rings is 1. The molecule has 2 N–H and O–H groups in total. The number of hydrogen-bond donors (Lipinski definition) is 2. The van der Waals surface area contributed by atoms with Crippen molar-refractivity contribution in [3.63, 3.8) is 0 Å². The molecule has 0 spiro atoms. The Morgan fingerprint density at radius 3 is 2.47 bits per heavy atom. The first-order chi connectivity index (χ1) is 17.9. The molecule has 0 bridgehead atoms. The second-order valence-corrected chi connectivity index (χ2v) is 9.02. The van der Waals surface area contributed by atoms with Gasteiger partial charge in [-0.1, -0.05) is 31.0 Å². The normalized spacial score (nSPS) is 14.0. The summed E-state index contributed by atoms with van der Waals surface area (Å²) in [7, 11) is 0.807. The monoisotopic (exact) mass is 553 g/mol. The van der Waals surface area contributed by atoms with E-state index in [0.717, 1.165) is 20.0 Å². The predicted octanol–water partition coefficient (Wildman–Crippen LogP) is 5.11. The van der Waals surface area contributed by atoms with Crippen molar-refractivity contribution in [1.82, 2.24) is 25.3 Å². The number of alkyl halides is 3. The van der Waals surface area contributed by atoms with Crippen LogP contribution in [0.25, 0.3) is 22.8 Å². The largest absolute Gasteiger partial charge is 0.479 e. The lowest BCUT2D eigenvalue weighted by Crippen LogP contribution is -2.55. The molecular weight excluding hydrogens is 527 g/mol. The Balaban J connectivity index is 1.84. The fourth-order valence-corrected chi connectivity index (χ4v) is 3.61. The van der Waals surface area contributed by atoms with E-state index in [9.17, 15) is 23.1 Å². The van der Waals surface area contributed by atoms with E-state index in [2.05, 4.69) is 36.9 Å². The number of methoxy groups -OCH3 is 1. The molecule has 3 aromatic rings. The minimum atomic E-state index is -4.91. The summed E-state index contributed by atoms with van der Waals surface area (Å²) in [6.07, 6.45) is -1.56. The van der Waals surface area contributed by atoms with Gasteiger partial charge in [0.25, 0.3) is 5.91 Å². The number of aromatic hydroxyl groups is 1. The molecule has 3 rings (SSSR count). The van der Waals surface area contributed by atoms with Crippen molar-refractivity contribution >= 4 is 17.5 Å². The Labute approximate surface area is 222 Å². The highest BCUT2D eigenvalue weighted by Gasteiger charge is 2.57. The number of pyridine rings is 1. The number of nitrogens with zero attached hydrogens (tertiary/aromatic N) is 4. The fraction of sp³-hybridized carbons (Fsp3) is 0.400. The number of rotatable bonds is 10. The lowest BCUT2D eigenvalue weighted by molar-refractivity contribution is -0.253. The molecule has 1 unspecified atom stereocenters. The molecule has 2 heterocycles. The third kappa shape index (κ3) is 6.67. The zero-order chi connectivity index (χ0) is 28.1. The maximum absolute atomic E-state index is 13.3. The molecule has 2 atom stereocenters. The SMILES string of the molecule is CCC[C@@H](C)Oc1ccc(-c2nc(O)nc(-c3cc(CNC(=O)C(C)(OC)C(F)(F)F)ccc3Cl)n2)cn1. The van der Waals surface area contributed by atoms with Crippen LogP contribution >= 0.6 is 11.6 Å². The van der Waals surface area contributed by atoms with Crippen LogP contribution in [0.1, 0.15) is 39.2 Å². The number of hydrogen-bond acceptors (Lipinski definition) is 8. The van der Waals surface area contributed by atoms with Gasteiger partial charge >= 0.3 is 12.2 Å².